The third-order valence-electron chi connectivity index (χ3n) is 2.46. The summed E-state index contributed by atoms with van der Waals surface area (Å²) in [6.07, 6.45) is 0. The number of nitro groups is 1. The number of nitrogens with zero attached hydrogens (tertiary/aromatic N) is 1. The van der Waals surface area contributed by atoms with Crippen molar-refractivity contribution in [3.05, 3.63) is 62.6 Å². The molecule has 0 spiro atoms. The molecule has 0 aliphatic rings. The molecule has 0 radical (unpaired) electrons. The standard InChI is InChI=1S/C13H9BrClNO3/c14-11-7-10(6-5-9(11)8-15)19-13-4-2-1-3-12(13)16(17)18/h1-7H,8H2. The third kappa shape index (κ3) is 3.24. The molecule has 4 nitrogen and oxygen atoms in total. The highest BCUT2D eigenvalue weighted by molar-refractivity contribution is 9.10. The summed E-state index contributed by atoms with van der Waals surface area (Å²) in [5.74, 6) is 1.10. The van der Waals surface area contributed by atoms with E-state index < -0.39 is 4.92 Å². The van der Waals surface area contributed by atoms with E-state index in [0.717, 1.165) is 10.0 Å². The maximum atomic E-state index is 10.9. The SMILES string of the molecule is O=[N+]([O-])c1ccccc1Oc1ccc(CCl)c(Br)c1. The van der Waals surface area contributed by atoms with Crippen molar-refractivity contribution in [1.82, 2.24) is 0 Å². The van der Waals surface area contributed by atoms with Crippen molar-refractivity contribution in [3.8, 4) is 11.5 Å². The topological polar surface area (TPSA) is 52.4 Å². The van der Waals surface area contributed by atoms with Crippen molar-refractivity contribution in [2.75, 3.05) is 0 Å². The van der Waals surface area contributed by atoms with Gasteiger partial charge in [-0.05, 0) is 23.8 Å². The van der Waals surface area contributed by atoms with E-state index in [-0.39, 0.29) is 11.4 Å². The monoisotopic (exact) mass is 341 g/mol. The molecule has 0 heterocycles. The smallest absolute Gasteiger partial charge is 0.311 e. The minimum atomic E-state index is -0.475. The second-order valence-electron chi connectivity index (χ2n) is 3.71. The Bertz CT molecular complexity index is 619. The second kappa shape index (κ2) is 6.04. The number of ether oxygens (including phenoxy) is 1. The molecule has 0 bridgehead atoms. The molecule has 0 amide bonds. The lowest BCUT2D eigenvalue weighted by Gasteiger charge is -2.08. The minimum Gasteiger partial charge on any atom is -0.450 e. The van der Waals surface area contributed by atoms with Crippen LogP contribution in [-0.4, -0.2) is 4.92 Å². The van der Waals surface area contributed by atoms with E-state index >= 15 is 0 Å². The number of benzene rings is 2. The van der Waals surface area contributed by atoms with Crippen molar-refractivity contribution in [3.63, 3.8) is 0 Å². The van der Waals surface area contributed by atoms with Gasteiger partial charge in [0, 0.05) is 16.4 Å². The molecule has 0 atom stereocenters. The fourth-order valence-electron chi connectivity index (χ4n) is 1.52. The lowest BCUT2D eigenvalue weighted by molar-refractivity contribution is -0.385. The predicted molar refractivity (Wildman–Crippen MR) is 76.9 cm³/mol. The van der Waals surface area contributed by atoms with Gasteiger partial charge < -0.3 is 4.74 Å². The van der Waals surface area contributed by atoms with Gasteiger partial charge >= 0.3 is 5.69 Å². The van der Waals surface area contributed by atoms with Crippen LogP contribution in [0.15, 0.2) is 46.9 Å². The Morgan fingerprint density at radius 1 is 1.26 bits per heavy atom. The molecule has 0 aromatic heterocycles. The molecular formula is C13H9BrClNO3. The summed E-state index contributed by atoms with van der Waals surface area (Å²) in [6, 6.07) is 11.5. The number of rotatable bonds is 4. The van der Waals surface area contributed by atoms with Gasteiger partial charge in [-0.15, -0.1) is 11.6 Å². The van der Waals surface area contributed by atoms with Crippen LogP contribution in [0.25, 0.3) is 0 Å². The summed E-state index contributed by atoms with van der Waals surface area (Å²) in [7, 11) is 0. The number of alkyl halides is 1. The highest BCUT2D eigenvalue weighted by Crippen LogP contribution is 2.33. The molecule has 0 aliphatic heterocycles. The summed E-state index contributed by atoms with van der Waals surface area (Å²) >= 11 is 9.12. The van der Waals surface area contributed by atoms with Crippen LogP contribution in [-0.2, 0) is 5.88 Å². The molecule has 0 aliphatic carbocycles. The van der Waals surface area contributed by atoms with Crippen LogP contribution in [0.2, 0.25) is 0 Å². The van der Waals surface area contributed by atoms with E-state index in [0.29, 0.717) is 11.6 Å². The van der Waals surface area contributed by atoms with E-state index in [1.165, 1.54) is 6.07 Å². The van der Waals surface area contributed by atoms with Crippen molar-refractivity contribution in [2.24, 2.45) is 0 Å². The molecule has 19 heavy (non-hydrogen) atoms. The van der Waals surface area contributed by atoms with Crippen LogP contribution in [0.3, 0.4) is 0 Å². The van der Waals surface area contributed by atoms with Crippen LogP contribution in [0, 0.1) is 10.1 Å². The zero-order valence-electron chi connectivity index (χ0n) is 9.68. The lowest BCUT2D eigenvalue weighted by atomic mass is 10.2. The summed E-state index contributed by atoms with van der Waals surface area (Å²) in [4.78, 5) is 10.4. The maximum Gasteiger partial charge on any atom is 0.311 e. The predicted octanol–water partition coefficient (Wildman–Crippen LogP) is 4.89. The Morgan fingerprint density at radius 2 is 2.00 bits per heavy atom. The van der Waals surface area contributed by atoms with Crippen LogP contribution >= 0.6 is 27.5 Å². The van der Waals surface area contributed by atoms with E-state index in [9.17, 15) is 10.1 Å². The molecule has 0 saturated heterocycles. The number of para-hydroxylation sites is 2. The van der Waals surface area contributed by atoms with Crippen molar-refractivity contribution < 1.29 is 9.66 Å². The molecule has 6 heteroatoms. The maximum absolute atomic E-state index is 10.9. The Hall–Kier alpha value is -1.59. The highest BCUT2D eigenvalue weighted by atomic mass is 79.9. The molecule has 2 aromatic rings. The summed E-state index contributed by atoms with van der Waals surface area (Å²) in [5.41, 5.74) is 0.858. The first-order valence-electron chi connectivity index (χ1n) is 5.37. The highest BCUT2D eigenvalue weighted by Gasteiger charge is 2.14. The Labute approximate surface area is 123 Å². The second-order valence-corrected chi connectivity index (χ2v) is 4.84. The number of hydrogen-bond donors (Lipinski definition) is 0. The first-order chi connectivity index (χ1) is 9.11. The Balaban J connectivity index is 2.31. The lowest BCUT2D eigenvalue weighted by Crippen LogP contribution is -1.93. The van der Waals surface area contributed by atoms with E-state index in [2.05, 4.69) is 15.9 Å². The van der Waals surface area contributed by atoms with Crippen LogP contribution in [0.5, 0.6) is 11.5 Å². The van der Waals surface area contributed by atoms with Gasteiger partial charge in [-0.2, -0.15) is 0 Å². The minimum absolute atomic E-state index is 0.0694. The molecule has 2 aromatic carbocycles. The summed E-state index contributed by atoms with van der Waals surface area (Å²) < 4.78 is 6.34. The van der Waals surface area contributed by atoms with Crippen molar-refractivity contribution in [2.45, 2.75) is 5.88 Å². The largest absolute Gasteiger partial charge is 0.450 e. The van der Waals surface area contributed by atoms with Crippen LogP contribution in [0.4, 0.5) is 5.69 Å². The number of halogens is 2. The van der Waals surface area contributed by atoms with Gasteiger partial charge in [0.25, 0.3) is 0 Å². The summed E-state index contributed by atoms with van der Waals surface area (Å²) in [5, 5.41) is 10.9. The number of hydrogen-bond acceptors (Lipinski definition) is 3. The zero-order chi connectivity index (χ0) is 13.8. The quantitative estimate of drug-likeness (QED) is 0.451. The Morgan fingerprint density at radius 3 is 2.63 bits per heavy atom. The van der Waals surface area contributed by atoms with E-state index in [1.807, 2.05) is 0 Å². The van der Waals surface area contributed by atoms with E-state index in [1.54, 1.807) is 36.4 Å². The first kappa shape index (κ1) is 13.8. The van der Waals surface area contributed by atoms with Gasteiger partial charge in [-0.3, -0.25) is 10.1 Å². The fourth-order valence-corrected chi connectivity index (χ4v) is 2.41. The van der Waals surface area contributed by atoms with Gasteiger partial charge in [0.1, 0.15) is 5.75 Å². The number of nitro benzene ring substituents is 1. The van der Waals surface area contributed by atoms with Gasteiger partial charge in [0.2, 0.25) is 5.75 Å². The average molecular weight is 343 g/mol. The molecule has 98 valence electrons. The average Bonchev–Trinajstić information content (AvgIpc) is 2.39. The first-order valence-corrected chi connectivity index (χ1v) is 6.70. The van der Waals surface area contributed by atoms with Crippen molar-refractivity contribution in [1.29, 1.82) is 0 Å². The van der Waals surface area contributed by atoms with Gasteiger partial charge in [0.15, 0.2) is 0 Å². The molecular weight excluding hydrogens is 334 g/mol. The van der Waals surface area contributed by atoms with Crippen molar-refractivity contribution >= 4 is 33.2 Å². The normalized spacial score (nSPS) is 10.2. The van der Waals surface area contributed by atoms with E-state index in [4.69, 9.17) is 16.3 Å². The molecule has 2 rings (SSSR count). The fraction of sp³-hybridized carbons (Fsp3) is 0.0769. The molecule has 0 fully saturated rings. The van der Waals surface area contributed by atoms with Crippen LogP contribution in [0.1, 0.15) is 5.56 Å². The zero-order valence-corrected chi connectivity index (χ0v) is 12.0. The summed E-state index contributed by atoms with van der Waals surface area (Å²) in [6.45, 7) is 0. The molecule has 0 N–H and O–H groups in total. The van der Waals surface area contributed by atoms with Gasteiger partial charge in [-0.1, -0.05) is 34.1 Å². The van der Waals surface area contributed by atoms with Crippen LogP contribution < -0.4 is 4.74 Å². The molecule has 0 unspecified atom stereocenters. The van der Waals surface area contributed by atoms with Gasteiger partial charge in [0.05, 0.1) is 4.92 Å². The molecule has 0 saturated carbocycles. The third-order valence-corrected chi connectivity index (χ3v) is 3.48. The van der Waals surface area contributed by atoms with Gasteiger partial charge in [-0.25, -0.2) is 0 Å². The Kier molecular flexibility index (Phi) is 4.39.